The van der Waals surface area contributed by atoms with E-state index in [1.165, 1.54) is 5.56 Å². The molecule has 1 aliphatic rings. The Morgan fingerprint density at radius 2 is 2.11 bits per heavy atom. The largest absolute Gasteiger partial charge is 0.484 e. The van der Waals surface area contributed by atoms with E-state index in [-0.39, 0.29) is 31.0 Å². The fourth-order valence-corrected chi connectivity index (χ4v) is 2.07. The molecule has 1 heterocycles. The second kappa shape index (κ2) is 7.36. The molecule has 1 saturated heterocycles. The highest BCUT2D eigenvalue weighted by molar-refractivity contribution is 5.85. The van der Waals surface area contributed by atoms with E-state index in [2.05, 4.69) is 12.2 Å². The number of hydrogen-bond donors (Lipinski definition) is 1. The van der Waals surface area contributed by atoms with Crippen molar-refractivity contribution >= 4 is 18.3 Å². The van der Waals surface area contributed by atoms with Gasteiger partial charge in [0, 0.05) is 25.7 Å². The van der Waals surface area contributed by atoms with E-state index < -0.39 is 0 Å². The van der Waals surface area contributed by atoms with Crippen LogP contribution in [-0.2, 0) is 4.79 Å². The maximum Gasteiger partial charge on any atom is 0.260 e. The quantitative estimate of drug-likeness (QED) is 0.917. The van der Waals surface area contributed by atoms with Crippen LogP contribution in [0.5, 0.6) is 5.75 Å². The lowest BCUT2D eigenvalue weighted by molar-refractivity contribution is -0.136. The molecule has 1 N–H and O–H groups in total. The molecule has 0 radical (unpaired) electrons. The molecule has 19 heavy (non-hydrogen) atoms. The van der Waals surface area contributed by atoms with Crippen molar-refractivity contribution in [3.8, 4) is 5.75 Å². The van der Waals surface area contributed by atoms with Gasteiger partial charge in [0.05, 0.1) is 0 Å². The number of piperazine rings is 1. The topological polar surface area (TPSA) is 41.6 Å². The van der Waals surface area contributed by atoms with E-state index in [0.29, 0.717) is 0 Å². The molecule has 106 valence electrons. The summed E-state index contributed by atoms with van der Waals surface area (Å²) in [5, 5.41) is 3.26. The van der Waals surface area contributed by atoms with Gasteiger partial charge in [0.15, 0.2) is 6.61 Å². The lowest BCUT2D eigenvalue weighted by Gasteiger charge is -2.33. The zero-order chi connectivity index (χ0) is 13.0. The molecule has 0 unspecified atom stereocenters. The molecule has 0 bridgehead atoms. The Labute approximate surface area is 120 Å². The molecule has 1 fully saturated rings. The zero-order valence-corrected chi connectivity index (χ0v) is 12.2. The summed E-state index contributed by atoms with van der Waals surface area (Å²) in [6.07, 6.45) is 0. The van der Waals surface area contributed by atoms with Crippen LogP contribution in [0.2, 0.25) is 0 Å². The van der Waals surface area contributed by atoms with Crippen molar-refractivity contribution in [3.05, 3.63) is 29.8 Å². The Bertz CT molecular complexity index is 408. The number of carbonyl (C=O) groups excluding carboxylic acids is 1. The number of hydrogen-bond acceptors (Lipinski definition) is 3. The average Bonchev–Trinajstić information content (AvgIpc) is 2.38. The van der Waals surface area contributed by atoms with E-state index in [4.69, 9.17) is 4.74 Å². The molecule has 1 aromatic carbocycles. The van der Waals surface area contributed by atoms with Gasteiger partial charge in [-0.15, -0.1) is 12.4 Å². The summed E-state index contributed by atoms with van der Waals surface area (Å²) >= 11 is 0. The van der Waals surface area contributed by atoms with Gasteiger partial charge in [0.25, 0.3) is 5.91 Å². The van der Waals surface area contributed by atoms with Crippen molar-refractivity contribution in [1.29, 1.82) is 0 Å². The number of nitrogens with zero attached hydrogens (tertiary/aromatic N) is 1. The van der Waals surface area contributed by atoms with Crippen molar-refractivity contribution in [2.75, 3.05) is 26.2 Å². The van der Waals surface area contributed by atoms with Crippen LogP contribution in [0.15, 0.2) is 24.3 Å². The third-order valence-corrected chi connectivity index (χ3v) is 3.20. The molecule has 0 saturated carbocycles. The van der Waals surface area contributed by atoms with Crippen molar-refractivity contribution in [2.24, 2.45) is 0 Å². The third kappa shape index (κ3) is 4.40. The summed E-state index contributed by atoms with van der Waals surface area (Å²) in [6, 6.07) is 7.99. The van der Waals surface area contributed by atoms with Gasteiger partial charge < -0.3 is 15.0 Å². The minimum Gasteiger partial charge on any atom is -0.484 e. The Morgan fingerprint density at radius 1 is 1.42 bits per heavy atom. The van der Waals surface area contributed by atoms with E-state index in [0.717, 1.165) is 25.4 Å². The molecular formula is C14H21ClN2O2. The summed E-state index contributed by atoms with van der Waals surface area (Å²) in [4.78, 5) is 13.9. The first-order valence-electron chi connectivity index (χ1n) is 6.36. The molecule has 1 atom stereocenters. The predicted octanol–water partition coefficient (Wildman–Crippen LogP) is 1.62. The minimum absolute atomic E-state index is 0. The van der Waals surface area contributed by atoms with Crippen molar-refractivity contribution in [2.45, 2.75) is 19.9 Å². The standard InChI is InChI=1S/C14H20N2O2.ClH/c1-11-3-5-13(6-4-11)18-10-14(17)16-8-7-15-9-12(16)2;/h3-6,12,15H,7-10H2,1-2H3;1H/t12-;/m0./s1. The third-order valence-electron chi connectivity index (χ3n) is 3.20. The van der Waals surface area contributed by atoms with Gasteiger partial charge in [-0.05, 0) is 26.0 Å². The Morgan fingerprint density at radius 3 is 2.74 bits per heavy atom. The fourth-order valence-electron chi connectivity index (χ4n) is 2.07. The molecule has 1 aromatic rings. The average molecular weight is 285 g/mol. The lowest BCUT2D eigenvalue weighted by atomic mass is 10.2. The van der Waals surface area contributed by atoms with Gasteiger partial charge >= 0.3 is 0 Å². The highest BCUT2D eigenvalue weighted by atomic mass is 35.5. The number of amides is 1. The first kappa shape index (κ1) is 15.8. The molecule has 0 aromatic heterocycles. The summed E-state index contributed by atoms with van der Waals surface area (Å²) < 4.78 is 5.51. The van der Waals surface area contributed by atoms with Gasteiger partial charge in [-0.1, -0.05) is 17.7 Å². The Balaban J connectivity index is 0.00000180. The van der Waals surface area contributed by atoms with E-state index in [1.807, 2.05) is 36.1 Å². The number of aryl methyl sites for hydroxylation is 1. The highest BCUT2D eigenvalue weighted by Gasteiger charge is 2.22. The number of rotatable bonds is 3. The fraction of sp³-hybridized carbons (Fsp3) is 0.500. The van der Waals surface area contributed by atoms with Crippen LogP contribution in [0.3, 0.4) is 0 Å². The smallest absolute Gasteiger partial charge is 0.260 e. The molecule has 2 rings (SSSR count). The Kier molecular flexibility index (Phi) is 6.12. The first-order chi connectivity index (χ1) is 8.66. The van der Waals surface area contributed by atoms with Crippen LogP contribution < -0.4 is 10.1 Å². The second-order valence-electron chi connectivity index (χ2n) is 4.74. The predicted molar refractivity (Wildman–Crippen MR) is 78.0 cm³/mol. The maximum atomic E-state index is 12.0. The number of carbonyl (C=O) groups is 1. The van der Waals surface area contributed by atoms with E-state index >= 15 is 0 Å². The summed E-state index contributed by atoms with van der Waals surface area (Å²) in [6.45, 7) is 6.68. The second-order valence-corrected chi connectivity index (χ2v) is 4.74. The van der Waals surface area contributed by atoms with E-state index in [9.17, 15) is 4.79 Å². The number of benzene rings is 1. The van der Waals surface area contributed by atoms with Crippen LogP contribution in [0.1, 0.15) is 12.5 Å². The normalized spacial score (nSPS) is 18.6. The van der Waals surface area contributed by atoms with Gasteiger partial charge in [-0.25, -0.2) is 0 Å². The molecular weight excluding hydrogens is 264 g/mol. The van der Waals surface area contributed by atoms with Crippen LogP contribution >= 0.6 is 12.4 Å². The molecule has 1 aliphatic heterocycles. The van der Waals surface area contributed by atoms with Crippen LogP contribution in [0, 0.1) is 6.92 Å². The van der Waals surface area contributed by atoms with Crippen molar-refractivity contribution < 1.29 is 9.53 Å². The molecule has 0 spiro atoms. The number of ether oxygens (including phenoxy) is 1. The van der Waals surface area contributed by atoms with Gasteiger partial charge in [-0.3, -0.25) is 4.79 Å². The van der Waals surface area contributed by atoms with E-state index in [1.54, 1.807) is 0 Å². The molecule has 5 heteroatoms. The van der Waals surface area contributed by atoms with Crippen molar-refractivity contribution in [3.63, 3.8) is 0 Å². The number of nitrogens with one attached hydrogen (secondary N) is 1. The monoisotopic (exact) mass is 284 g/mol. The maximum absolute atomic E-state index is 12.0. The molecule has 1 amide bonds. The SMILES string of the molecule is Cc1ccc(OCC(=O)N2CCNC[C@@H]2C)cc1.Cl. The summed E-state index contributed by atoms with van der Waals surface area (Å²) in [5.74, 6) is 0.807. The first-order valence-corrected chi connectivity index (χ1v) is 6.36. The minimum atomic E-state index is 0. The summed E-state index contributed by atoms with van der Waals surface area (Å²) in [7, 11) is 0. The van der Waals surface area contributed by atoms with Crippen LogP contribution in [-0.4, -0.2) is 43.1 Å². The van der Waals surface area contributed by atoms with Crippen LogP contribution in [0.4, 0.5) is 0 Å². The van der Waals surface area contributed by atoms with Gasteiger partial charge in [0.1, 0.15) is 5.75 Å². The summed E-state index contributed by atoms with van der Waals surface area (Å²) in [5.41, 5.74) is 1.18. The Hall–Kier alpha value is -1.26. The van der Waals surface area contributed by atoms with Crippen molar-refractivity contribution in [1.82, 2.24) is 10.2 Å². The number of halogens is 1. The molecule has 4 nitrogen and oxygen atoms in total. The van der Waals surface area contributed by atoms with Gasteiger partial charge in [-0.2, -0.15) is 0 Å². The van der Waals surface area contributed by atoms with Crippen LogP contribution in [0.25, 0.3) is 0 Å². The highest BCUT2D eigenvalue weighted by Crippen LogP contribution is 2.12. The zero-order valence-electron chi connectivity index (χ0n) is 11.4. The lowest BCUT2D eigenvalue weighted by Crippen LogP contribution is -2.53. The molecule has 0 aliphatic carbocycles. The van der Waals surface area contributed by atoms with Gasteiger partial charge in [0.2, 0.25) is 0 Å².